The molecule has 106 valence electrons. The summed E-state index contributed by atoms with van der Waals surface area (Å²) in [5, 5.41) is 0. The Balaban J connectivity index is 1.88. The number of carbonyl (C=O) groups is 1. The molecular weight excluding hydrogens is 259 g/mol. The Bertz CT molecular complexity index is 453. The van der Waals surface area contributed by atoms with Gasteiger partial charge in [0.25, 0.3) is 0 Å². The molecule has 3 aliphatic rings. The number of ether oxygens (including phenoxy) is 1. The third-order valence-electron chi connectivity index (χ3n) is 4.60. The summed E-state index contributed by atoms with van der Waals surface area (Å²) in [5.41, 5.74) is -0.395. The molecule has 0 N–H and O–H groups in total. The van der Waals surface area contributed by atoms with Crippen molar-refractivity contribution in [2.24, 2.45) is 5.41 Å². The lowest BCUT2D eigenvalue weighted by Gasteiger charge is -2.27. The SMILES string of the molecule is COC(=O)C12C/C(=C/C(F)(F)F)CN1CC1(CC1)C2. The van der Waals surface area contributed by atoms with Gasteiger partial charge in [0.1, 0.15) is 5.54 Å². The Labute approximate surface area is 109 Å². The second-order valence-corrected chi connectivity index (χ2v) is 6.08. The Morgan fingerprint density at radius 2 is 2.11 bits per heavy atom. The van der Waals surface area contributed by atoms with E-state index in [9.17, 15) is 18.0 Å². The molecule has 3 nitrogen and oxygen atoms in total. The van der Waals surface area contributed by atoms with Gasteiger partial charge < -0.3 is 4.74 Å². The van der Waals surface area contributed by atoms with Crippen molar-refractivity contribution in [3.63, 3.8) is 0 Å². The summed E-state index contributed by atoms with van der Waals surface area (Å²) in [6.45, 7) is 0.952. The minimum atomic E-state index is -4.32. The molecule has 0 aromatic heterocycles. The maximum atomic E-state index is 12.4. The van der Waals surface area contributed by atoms with E-state index in [2.05, 4.69) is 0 Å². The zero-order valence-corrected chi connectivity index (χ0v) is 10.7. The smallest absolute Gasteiger partial charge is 0.409 e. The molecule has 6 heteroatoms. The Morgan fingerprint density at radius 3 is 2.63 bits per heavy atom. The van der Waals surface area contributed by atoms with Gasteiger partial charge in [0.15, 0.2) is 0 Å². The zero-order valence-electron chi connectivity index (χ0n) is 10.7. The van der Waals surface area contributed by atoms with Gasteiger partial charge in [-0.25, -0.2) is 0 Å². The molecule has 0 bridgehead atoms. The number of rotatable bonds is 1. The van der Waals surface area contributed by atoms with E-state index < -0.39 is 11.7 Å². The Hall–Kier alpha value is -1.04. The van der Waals surface area contributed by atoms with Crippen LogP contribution in [-0.4, -0.2) is 42.8 Å². The maximum Gasteiger partial charge on any atom is 0.409 e. The molecule has 0 aromatic rings. The second kappa shape index (κ2) is 3.75. The highest BCUT2D eigenvalue weighted by molar-refractivity contribution is 5.83. The fraction of sp³-hybridized carbons (Fsp3) is 0.769. The van der Waals surface area contributed by atoms with Crippen LogP contribution in [-0.2, 0) is 9.53 Å². The van der Waals surface area contributed by atoms with Crippen LogP contribution in [0.25, 0.3) is 0 Å². The molecule has 2 aliphatic heterocycles. The van der Waals surface area contributed by atoms with E-state index in [0.717, 1.165) is 19.4 Å². The number of hydrogen-bond acceptors (Lipinski definition) is 3. The third-order valence-corrected chi connectivity index (χ3v) is 4.60. The summed E-state index contributed by atoms with van der Waals surface area (Å²) in [7, 11) is 1.30. The standard InChI is InChI=1S/C13H16F3NO2/c1-19-10(18)12-4-9(5-13(14,15)16)6-17(12)8-11(7-12)2-3-11/h5H,2-4,6-8H2,1H3/b9-5-. The highest BCUT2D eigenvalue weighted by Crippen LogP contribution is 2.61. The summed E-state index contributed by atoms with van der Waals surface area (Å²) < 4.78 is 42.2. The van der Waals surface area contributed by atoms with Gasteiger partial charge in [0.2, 0.25) is 0 Å². The summed E-state index contributed by atoms with van der Waals surface area (Å²) >= 11 is 0. The molecule has 2 heterocycles. The van der Waals surface area contributed by atoms with Gasteiger partial charge in [-0.1, -0.05) is 0 Å². The molecular formula is C13H16F3NO2. The lowest BCUT2D eigenvalue weighted by molar-refractivity contribution is -0.151. The van der Waals surface area contributed by atoms with E-state index in [4.69, 9.17) is 4.74 Å². The number of carbonyl (C=O) groups excluding carboxylic acids is 1. The quantitative estimate of drug-likeness (QED) is 0.543. The number of methoxy groups -OCH3 is 1. The van der Waals surface area contributed by atoms with Crippen LogP contribution in [0.1, 0.15) is 25.7 Å². The van der Waals surface area contributed by atoms with E-state index in [0.29, 0.717) is 12.5 Å². The summed E-state index contributed by atoms with van der Waals surface area (Å²) in [6, 6.07) is 0. The van der Waals surface area contributed by atoms with Crippen LogP contribution in [0.3, 0.4) is 0 Å². The van der Waals surface area contributed by atoms with E-state index >= 15 is 0 Å². The lowest BCUT2D eigenvalue weighted by Crippen LogP contribution is -2.46. The fourth-order valence-electron chi connectivity index (χ4n) is 3.71. The van der Waals surface area contributed by atoms with Crippen molar-refractivity contribution >= 4 is 5.97 Å². The van der Waals surface area contributed by atoms with Crippen molar-refractivity contribution in [3.05, 3.63) is 11.6 Å². The molecule has 3 fully saturated rings. The zero-order chi connectivity index (χ0) is 13.9. The topological polar surface area (TPSA) is 29.5 Å². The number of halogens is 3. The van der Waals surface area contributed by atoms with Gasteiger partial charge in [-0.2, -0.15) is 13.2 Å². The van der Waals surface area contributed by atoms with Crippen molar-refractivity contribution in [1.29, 1.82) is 0 Å². The minimum Gasteiger partial charge on any atom is -0.468 e. The van der Waals surface area contributed by atoms with Gasteiger partial charge in [-0.15, -0.1) is 0 Å². The first kappa shape index (κ1) is 13.0. The van der Waals surface area contributed by atoms with Crippen LogP contribution in [0.5, 0.6) is 0 Å². The van der Waals surface area contributed by atoms with Gasteiger partial charge in [-0.3, -0.25) is 9.69 Å². The van der Waals surface area contributed by atoms with Gasteiger partial charge >= 0.3 is 12.1 Å². The van der Waals surface area contributed by atoms with Crippen molar-refractivity contribution in [1.82, 2.24) is 4.90 Å². The first-order valence-corrected chi connectivity index (χ1v) is 6.40. The van der Waals surface area contributed by atoms with Crippen LogP contribution < -0.4 is 0 Å². The van der Waals surface area contributed by atoms with Gasteiger partial charge in [0, 0.05) is 19.2 Å². The molecule has 1 unspecified atom stereocenters. The lowest BCUT2D eigenvalue weighted by atomic mass is 9.87. The summed E-state index contributed by atoms with van der Waals surface area (Å²) in [6.07, 6.45) is -1.04. The molecule has 0 amide bonds. The molecule has 1 spiro atoms. The first-order valence-electron chi connectivity index (χ1n) is 6.40. The molecule has 19 heavy (non-hydrogen) atoms. The molecule has 2 saturated heterocycles. The molecule has 1 aliphatic carbocycles. The highest BCUT2D eigenvalue weighted by Gasteiger charge is 2.64. The van der Waals surface area contributed by atoms with E-state index in [1.807, 2.05) is 4.90 Å². The maximum absolute atomic E-state index is 12.4. The number of nitrogens with zero attached hydrogens (tertiary/aromatic N) is 1. The van der Waals surface area contributed by atoms with Crippen LogP contribution >= 0.6 is 0 Å². The Kier molecular flexibility index (Phi) is 2.56. The van der Waals surface area contributed by atoms with Crippen LogP contribution in [0.15, 0.2) is 11.6 Å². The predicted octanol–water partition coefficient (Wildman–Crippen LogP) is 2.28. The number of alkyl halides is 3. The molecule has 0 radical (unpaired) electrons. The van der Waals surface area contributed by atoms with Crippen molar-refractivity contribution in [3.8, 4) is 0 Å². The van der Waals surface area contributed by atoms with E-state index in [1.54, 1.807) is 0 Å². The number of esters is 1. The number of allylic oxidation sites excluding steroid dienone is 1. The number of fused-ring (bicyclic) bond motifs is 1. The average Bonchev–Trinajstić information content (AvgIpc) is 2.83. The van der Waals surface area contributed by atoms with Crippen molar-refractivity contribution in [2.75, 3.05) is 20.2 Å². The summed E-state index contributed by atoms with van der Waals surface area (Å²) in [5.74, 6) is -0.387. The highest BCUT2D eigenvalue weighted by atomic mass is 19.4. The summed E-state index contributed by atoms with van der Waals surface area (Å²) in [4.78, 5) is 14.0. The van der Waals surface area contributed by atoms with E-state index in [1.165, 1.54) is 7.11 Å². The van der Waals surface area contributed by atoms with Gasteiger partial charge in [0.05, 0.1) is 7.11 Å². The van der Waals surface area contributed by atoms with E-state index in [-0.39, 0.29) is 29.9 Å². The molecule has 0 aromatic carbocycles. The predicted molar refractivity (Wildman–Crippen MR) is 61.4 cm³/mol. The molecule has 3 rings (SSSR count). The monoisotopic (exact) mass is 275 g/mol. The van der Waals surface area contributed by atoms with Crippen molar-refractivity contribution < 1.29 is 22.7 Å². The minimum absolute atomic E-state index is 0.154. The van der Waals surface area contributed by atoms with Crippen LogP contribution in [0, 0.1) is 5.41 Å². The van der Waals surface area contributed by atoms with Crippen molar-refractivity contribution in [2.45, 2.75) is 37.4 Å². The fourth-order valence-corrected chi connectivity index (χ4v) is 3.71. The molecule has 1 atom stereocenters. The largest absolute Gasteiger partial charge is 0.468 e. The van der Waals surface area contributed by atoms with Crippen LogP contribution in [0.4, 0.5) is 13.2 Å². The van der Waals surface area contributed by atoms with Crippen LogP contribution in [0.2, 0.25) is 0 Å². The normalized spacial score (nSPS) is 34.8. The molecule has 1 saturated carbocycles. The second-order valence-electron chi connectivity index (χ2n) is 6.08. The number of hydrogen-bond donors (Lipinski definition) is 0. The van der Waals surface area contributed by atoms with Gasteiger partial charge in [-0.05, 0) is 36.7 Å². The first-order chi connectivity index (χ1) is 8.79. The Morgan fingerprint density at radius 1 is 1.42 bits per heavy atom. The average molecular weight is 275 g/mol. The third kappa shape index (κ3) is 2.06.